The lowest BCUT2D eigenvalue weighted by Gasteiger charge is -2.27. The van der Waals surface area contributed by atoms with Gasteiger partial charge in [-0.05, 0) is 61.7 Å². The van der Waals surface area contributed by atoms with Gasteiger partial charge in [-0.3, -0.25) is 4.79 Å². The minimum Gasteiger partial charge on any atom is -0.496 e. The molecule has 3 rings (SSSR count). The molecule has 25 heavy (non-hydrogen) atoms. The summed E-state index contributed by atoms with van der Waals surface area (Å²) in [6, 6.07) is 12.7. The molecule has 132 valence electrons. The molecule has 1 aliphatic rings. The zero-order valence-electron chi connectivity index (χ0n) is 14.3. The van der Waals surface area contributed by atoms with E-state index in [-0.39, 0.29) is 5.91 Å². The lowest BCUT2D eigenvalue weighted by atomic mass is 10.1. The number of benzene rings is 2. The average molecular weight is 360 g/mol. The molecular formula is C20H22ClNO3. The van der Waals surface area contributed by atoms with Gasteiger partial charge in [0, 0.05) is 29.2 Å². The molecule has 0 N–H and O–H groups in total. The molecule has 0 bridgehead atoms. The first-order chi connectivity index (χ1) is 12.2. The predicted octanol–water partition coefficient (Wildman–Crippen LogP) is 4.55. The van der Waals surface area contributed by atoms with E-state index < -0.39 is 0 Å². The van der Waals surface area contributed by atoms with E-state index in [9.17, 15) is 4.79 Å². The van der Waals surface area contributed by atoms with Crippen LogP contribution >= 0.6 is 11.6 Å². The van der Waals surface area contributed by atoms with Crippen LogP contribution in [0.1, 0.15) is 35.2 Å². The van der Waals surface area contributed by atoms with E-state index in [0.29, 0.717) is 22.9 Å². The van der Waals surface area contributed by atoms with Gasteiger partial charge in [0.2, 0.25) is 0 Å². The number of hydrogen-bond donors (Lipinski definition) is 0. The normalized spacial score (nSPS) is 14.2. The minimum absolute atomic E-state index is 0.0788. The van der Waals surface area contributed by atoms with Crippen molar-refractivity contribution >= 4 is 17.5 Å². The number of rotatable bonds is 5. The quantitative estimate of drug-likeness (QED) is 0.785. The Balaban J connectivity index is 1.75. The first-order valence-electron chi connectivity index (χ1n) is 8.52. The average Bonchev–Trinajstić information content (AvgIpc) is 2.67. The van der Waals surface area contributed by atoms with E-state index in [2.05, 4.69) is 0 Å². The highest BCUT2D eigenvalue weighted by atomic mass is 35.5. The summed E-state index contributed by atoms with van der Waals surface area (Å²) in [5.74, 6) is 1.51. The van der Waals surface area contributed by atoms with Crippen molar-refractivity contribution in [3.8, 4) is 11.5 Å². The third kappa shape index (κ3) is 4.45. The Morgan fingerprint density at radius 1 is 1.08 bits per heavy atom. The standard InChI is InChI=1S/C20H22ClNO3/c1-24-19-10-5-15(20(23)22-11-3-2-4-12-22)13-16(19)14-25-18-8-6-17(21)7-9-18/h5-10,13H,2-4,11-12,14H2,1H3. The van der Waals surface area contributed by atoms with Crippen LogP contribution in [0.15, 0.2) is 42.5 Å². The van der Waals surface area contributed by atoms with Gasteiger partial charge in [0.05, 0.1) is 7.11 Å². The van der Waals surface area contributed by atoms with Gasteiger partial charge in [-0.2, -0.15) is 0 Å². The maximum atomic E-state index is 12.7. The fourth-order valence-electron chi connectivity index (χ4n) is 3.00. The number of amides is 1. The molecule has 0 spiro atoms. The monoisotopic (exact) mass is 359 g/mol. The first kappa shape index (κ1) is 17.6. The molecule has 4 nitrogen and oxygen atoms in total. The van der Waals surface area contributed by atoms with Crippen LogP contribution in [0, 0.1) is 0 Å². The molecular weight excluding hydrogens is 338 g/mol. The number of nitrogens with zero attached hydrogens (tertiary/aromatic N) is 1. The van der Waals surface area contributed by atoms with Crippen LogP contribution in [-0.4, -0.2) is 31.0 Å². The number of hydrogen-bond acceptors (Lipinski definition) is 3. The highest BCUT2D eigenvalue weighted by molar-refractivity contribution is 6.30. The van der Waals surface area contributed by atoms with E-state index in [1.54, 1.807) is 19.2 Å². The second kappa shape index (κ2) is 8.26. The Morgan fingerprint density at radius 3 is 2.48 bits per heavy atom. The summed E-state index contributed by atoms with van der Waals surface area (Å²) in [6.45, 7) is 1.99. The van der Waals surface area contributed by atoms with Crippen molar-refractivity contribution in [3.05, 3.63) is 58.6 Å². The largest absolute Gasteiger partial charge is 0.496 e. The van der Waals surface area contributed by atoms with Crippen LogP contribution in [0.5, 0.6) is 11.5 Å². The summed E-state index contributed by atoms with van der Waals surface area (Å²) in [5.41, 5.74) is 1.53. The molecule has 0 aromatic heterocycles. The van der Waals surface area contributed by atoms with Gasteiger partial charge in [-0.25, -0.2) is 0 Å². The zero-order chi connectivity index (χ0) is 17.6. The molecule has 2 aromatic carbocycles. The smallest absolute Gasteiger partial charge is 0.253 e. The minimum atomic E-state index is 0.0788. The number of piperidine rings is 1. The molecule has 0 radical (unpaired) electrons. The first-order valence-corrected chi connectivity index (χ1v) is 8.90. The second-order valence-electron chi connectivity index (χ2n) is 6.12. The van der Waals surface area contributed by atoms with Crippen molar-refractivity contribution < 1.29 is 14.3 Å². The van der Waals surface area contributed by atoms with E-state index in [1.807, 2.05) is 35.2 Å². The van der Waals surface area contributed by atoms with Gasteiger partial charge in [0.15, 0.2) is 0 Å². The van der Waals surface area contributed by atoms with Crippen LogP contribution in [0.3, 0.4) is 0 Å². The predicted molar refractivity (Wildman–Crippen MR) is 98.5 cm³/mol. The highest BCUT2D eigenvalue weighted by Crippen LogP contribution is 2.24. The molecule has 0 saturated carbocycles. The zero-order valence-corrected chi connectivity index (χ0v) is 15.1. The van der Waals surface area contributed by atoms with Crippen LogP contribution < -0.4 is 9.47 Å². The van der Waals surface area contributed by atoms with Crippen molar-refractivity contribution in [1.82, 2.24) is 4.90 Å². The number of carbonyl (C=O) groups is 1. The molecule has 1 saturated heterocycles. The maximum absolute atomic E-state index is 12.7. The molecule has 1 aliphatic heterocycles. The Kier molecular flexibility index (Phi) is 5.82. The topological polar surface area (TPSA) is 38.8 Å². The van der Waals surface area contributed by atoms with E-state index in [4.69, 9.17) is 21.1 Å². The van der Waals surface area contributed by atoms with Crippen LogP contribution in [0.4, 0.5) is 0 Å². The summed E-state index contributed by atoms with van der Waals surface area (Å²) < 4.78 is 11.2. The molecule has 2 aromatic rings. The van der Waals surface area contributed by atoms with Gasteiger partial charge in [-0.1, -0.05) is 11.6 Å². The fourth-order valence-corrected chi connectivity index (χ4v) is 3.12. The maximum Gasteiger partial charge on any atom is 0.253 e. The van der Waals surface area contributed by atoms with Crippen LogP contribution in [0.2, 0.25) is 5.02 Å². The van der Waals surface area contributed by atoms with Crippen LogP contribution in [-0.2, 0) is 6.61 Å². The van der Waals surface area contributed by atoms with Gasteiger partial charge in [0.1, 0.15) is 18.1 Å². The summed E-state index contributed by atoms with van der Waals surface area (Å²) in [4.78, 5) is 14.6. The van der Waals surface area contributed by atoms with Crippen molar-refractivity contribution in [2.45, 2.75) is 25.9 Å². The van der Waals surface area contributed by atoms with Gasteiger partial charge < -0.3 is 14.4 Å². The van der Waals surface area contributed by atoms with Crippen molar-refractivity contribution in [1.29, 1.82) is 0 Å². The molecule has 1 amide bonds. The molecule has 1 heterocycles. The fraction of sp³-hybridized carbons (Fsp3) is 0.350. The molecule has 5 heteroatoms. The summed E-state index contributed by atoms with van der Waals surface area (Å²) in [5, 5.41) is 0.666. The van der Waals surface area contributed by atoms with E-state index in [1.165, 1.54) is 6.42 Å². The summed E-state index contributed by atoms with van der Waals surface area (Å²) >= 11 is 5.89. The summed E-state index contributed by atoms with van der Waals surface area (Å²) in [7, 11) is 1.62. The molecule has 0 atom stereocenters. The summed E-state index contributed by atoms with van der Waals surface area (Å²) in [6.07, 6.45) is 3.36. The van der Waals surface area contributed by atoms with Crippen LogP contribution in [0.25, 0.3) is 0 Å². The van der Waals surface area contributed by atoms with E-state index >= 15 is 0 Å². The van der Waals surface area contributed by atoms with Gasteiger partial charge in [-0.15, -0.1) is 0 Å². The Morgan fingerprint density at radius 2 is 1.80 bits per heavy atom. The van der Waals surface area contributed by atoms with E-state index in [0.717, 1.165) is 37.2 Å². The number of carbonyl (C=O) groups excluding carboxylic acids is 1. The third-order valence-electron chi connectivity index (χ3n) is 4.38. The number of methoxy groups -OCH3 is 1. The Bertz CT molecular complexity index is 724. The second-order valence-corrected chi connectivity index (χ2v) is 6.56. The third-order valence-corrected chi connectivity index (χ3v) is 4.63. The number of likely N-dealkylation sites (tertiary alicyclic amines) is 1. The lowest BCUT2D eigenvalue weighted by molar-refractivity contribution is 0.0724. The Labute approximate surface area is 153 Å². The molecule has 1 fully saturated rings. The van der Waals surface area contributed by atoms with Gasteiger partial charge >= 0.3 is 0 Å². The number of ether oxygens (including phenoxy) is 2. The molecule has 0 unspecified atom stereocenters. The van der Waals surface area contributed by atoms with Crippen molar-refractivity contribution in [2.24, 2.45) is 0 Å². The van der Waals surface area contributed by atoms with Crippen molar-refractivity contribution in [3.63, 3.8) is 0 Å². The van der Waals surface area contributed by atoms with Gasteiger partial charge in [0.25, 0.3) is 5.91 Å². The highest BCUT2D eigenvalue weighted by Gasteiger charge is 2.19. The SMILES string of the molecule is COc1ccc(C(=O)N2CCCCC2)cc1COc1ccc(Cl)cc1. The lowest BCUT2D eigenvalue weighted by Crippen LogP contribution is -2.35. The molecule has 0 aliphatic carbocycles. The Hall–Kier alpha value is -2.20. The van der Waals surface area contributed by atoms with Crippen molar-refractivity contribution in [2.75, 3.05) is 20.2 Å². The number of halogens is 1.